The SMILES string of the molecule is O=C1COc2ccc(CNC(=O)c3ncnc4c(NCc5ccc6c(c5)NC(=O)CO6)n[nH]c34)cc2N1. The van der Waals surface area contributed by atoms with Gasteiger partial charge < -0.3 is 30.7 Å². The van der Waals surface area contributed by atoms with Crippen molar-refractivity contribution in [3.8, 4) is 11.5 Å². The van der Waals surface area contributed by atoms with Crippen LogP contribution in [0.25, 0.3) is 11.0 Å². The lowest BCUT2D eigenvalue weighted by atomic mass is 10.1. The highest BCUT2D eigenvalue weighted by atomic mass is 16.5. The molecule has 2 aromatic heterocycles. The largest absolute Gasteiger partial charge is 0.482 e. The fraction of sp³-hybridized carbons (Fsp3) is 0.167. The van der Waals surface area contributed by atoms with Gasteiger partial charge >= 0.3 is 0 Å². The molecule has 0 fully saturated rings. The fourth-order valence-corrected chi connectivity index (χ4v) is 4.06. The summed E-state index contributed by atoms with van der Waals surface area (Å²) >= 11 is 0. The minimum absolute atomic E-state index is 0.0000353. The third-order valence-electron chi connectivity index (χ3n) is 5.83. The Bertz CT molecular complexity index is 1570. The van der Waals surface area contributed by atoms with E-state index < -0.39 is 5.91 Å². The highest BCUT2D eigenvalue weighted by molar-refractivity contribution is 6.04. The maximum Gasteiger partial charge on any atom is 0.272 e. The summed E-state index contributed by atoms with van der Waals surface area (Å²) in [6, 6.07) is 10.8. The van der Waals surface area contributed by atoms with Crippen LogP contribution in [-0.2, 0) is 22.7 Å². The molecular formula is C24H20N8O5. The van der Waals surface area contributed by atoms with Gasteiger partial charge in [-0.2, -0.15) is 5.10 Å². The smallest absolute Gasteiger partial charge is 0.272 e. The molecule has 4 aromatic rings. The van der Waals surface area contributed by atoms with E-state index in [9.17, 15) is 14.4 Å². The molecule has 5 N–H and O–H groups in total. The van der Waals surface area contributed by atoms with E-state index in [-0.39, 0.29) is 37.3 Å². The summed E-state index contributed by atoms with van der Waals surface area (Å²) in [6.07, 6.45) is 1.30. The predicted molar refractivity (Wildman–Crippen MR) is 131 cm³/mol. The van der Waals surface area contributed by atoms with Crippen LogP contribution < -0.4 is 30.7 Å². The fourth-order valence-electron chi connectivity index (χ4n) is 4.06. The number of hydrogen-bond acceptors (Lipinski definition) is 9. The van der Waals surface area contributed by atoms with E-state index in [1.165, 1.54) is 6.33 Å². The molecule has 13 nitrogen and oxygen atoms in total. The number of aromatic nitrogens is 4. The van der Waals surface area contributed by atoms with Crippen molar-refractivity contribution in [1.29, 1.82) is 0 Å². The van der Waals surface area contributed by atoms with Gasteiger partial charge in [-0.3, -0.25) is 19.5 Å². The van der Waals surface area contributed by atoms with Crippen LogP contribution >= 0.6 is 0 Å². The van der Waals surface area contributed by atoms with E-state index in [2.05, 4.69) is 41.4 Å². The first-order valence-corrected chi connectivity index (χ1v) is 11.4. The number of hydrogen-bond donors (Lipinski definition) is 5. The van der Waals surface area contributed by atoms with Crippen molar-refractivity contribution in [2.45, 2.75) is 13.1 Å². The Balaban J connectivity index is 1.14. The summed E-state index contributed by atoms with van der Waals surface area (Å²) in [5.41, 5.74) is 3.83. The summed E-state index contributed by atoms with van der Waals surface area (Å²) < 4.78 is 10.7. The van der Waals surface area contributed by atoms with Crippen LogP contribution in [0.2, 0.25) is 0 Å². The molecule has 0 atom stereocenters. The highest BCUT2D eigenvalue weighted by Gasteiger charge is 2.20. The second kappa shape index (κ2) is 9.11. The summed E-state index contributed by atoms with van der Waals surface area (Å²) in [4.78, 5) is 44.5. The molecule has 2 aliphatic heterocycles. The van der Waals surface area contributed by atoms with Crippen LogP contribution in [0, 0.1) is 0 Å². The molecule has 2 aliphatic rings. The van der Waals surface area contributed by atoms with Gasteiger partial charge in [-0.15, -0.1) is 0 Å². The molecule has 6 rings (SSSR count). The number of anilines is 3. The molecule has 0 unspecified atom stereocenters. The third-order valence-corrected chi connectivity index (χ3v) is 5.83. The molecule has 0 bridgehead atoms. The second-order valence-corrected chi connectivity index (χ2v) is 8.39. The van der Waals surface area contributed by atoms with Gasteiger partial charge in [-0.1, -0.05) is 12.1 Å². The average Bonchev–Trinajstić information content (AvgIpc) is 3.33. The number of carbonyl (C=O) groups is 3. The van der Waals surface area contributed by atoms with E-state index in [0.717, 1.165) is 11.1 Å². The quantitative estimate of drug-likeness (QED) is 0.263. The number of nitrogens with one attached hydrogen (secondary N) is 5. The lowest BCUT2D eigenvalue weighted by Crippen LogP contribution is -2.26. The van der Waals surface area contributed by atoms with Crippen LogP contribution in [-0.4, -0.2) is 51.1 Å². The van der Waals surface area contributed by atoms with E-state index in [1.54, 1.807) is 18.2 Å². The van der Waals surface area contributed by atoms with Crippen molar-refractivity contribution in [2.24, 2.45) is 0 Å². The zero-order valence-corrected chi connectivity index (χ0v) is 19.3. The van der Waals surface area contributed by atoms with Crippen LogP contribution in [0.3, 0.4) is 0 Å². The van der Waals surface area contributed by atoms with Gasteiger partial charge in [0.2, 0.25) is 0 Å². The van der Waals surface area contributed by atoms with Crippen molar-refractivity contribution < 1.29 is 23.9 Å². The van der Waals surface area contributed by atoms with Gasteiger partial charge in [0.05, 0.1) is 11.4 Å². The minimum Gasteiger partial charge on any atom is -0.482 e. The molecule has 0 saturated carbocycles. The average molecular weight is 500 g/mol. The topological polar surface area (TPSA) is 172 Å². The number of carbonyl (C=O) groups excluding carboxylic acids is 3. The monoisotopic (exact) mass is 500 g/mol. The van der Waals surface area contributed by atoms with Crippen molar-refractivity contribution in [1.82, 2.24) is 25.5 Å². The number of nitrogens with zero attached hydrogens (tertiary/aromatic N) is 3. The standard InChI is InChI=1S/C24H20N8O5/c33-18-9-36-16-3-1-12(5-14(16)29-18)7-25-23-21-20(31-32-23)22(28-11-27-21)24(35)26-8-13-2-4-17-15(6-13)30-19(34)10-37-17/h1-6,11H,7-10H2,(H,26,35)(H,29,33)(H,30,34)(H2,25,31,32). The van der Waals surface area contributed by atoms with Crippen molar-refractivity contribution in [3.05, 3.63) is 59.5 Å². The van der Waals surface area contributed by atoms with Gasteiger partial charge in [0.25, 0.3) is 17.7 Å². The number of rotatable bonds is 6. The normalized spacial score (nSPS) is 13.9. The van der Waals surface area contributed by atoms with E-state index in [1.807, 2.05) is 18.2 Å². The van der Waals surface area contributed by atoms with Gasteiger partial charge in [0.1, 0.15) is 28.9 Å². The molecule has 3 amide bonds. The van der Waals surface area contributed by atoms with Crippen LogP contribution in [0.15, 0.2) is 42.7 Å². The number of aromatic amines is 1. The molecule has 2 aromatic carbocycles. The maximum atomic E-state index is 12.9. The molecule has 0 radical (unpaired) electrons. The molecule has 13 heteroatoms. The molecule has 4 heterocycles. The highest BCUT2D eigenvalue weighted by Crippen LogP contribution is 2.30. The van der Waals surface area contributed by atoms with Crippen LogP contribution in [0.5, 0.6) is 11.5 Å². The molecular weight excluding hydrogens is 480 g/mol. The lowest BCUT2D eigenvalue weighted by Gasteiger charge is -2.18. The number of fused-ring (bicyclic) bond motifs is 3. The molecule has 0 spiro atoms. The van der Waals surface area contributed by atoms with E-state index >= 15 is 0 Å². The van der Waals surface area contributed by atoms with E-state index in [4.69, 9.17) is 9.47 Å². The van der Waals surface area contributed by atoms with Gasteiger partial charge in [-0.25, -0.2) is 9.97 Å². The summed E-state index contributed by atoms with van der Waals surface area (Å²) in [7, 11) is 0. The predicted octanol–water partition coefficient (Wildman–Crippen LogP) is 1.56. The lowest BCUT2D eigenvalue weighted by molar-refractivity contribution is -0.119. The van der Waals surface area contributed by atoms with Gasteiger partial charge in [0, 0.05) is 13.1 Å². The van der Waals surface area contributed by atoms with Crippen molar-refractivity contribution >= 4 is 45.9 Å². The summed E-state index contributed by atoms with van der Waals surface area (Å²) in [5, 5.41) is 18.6. The molecule has 186 valence electrons. The van der Waals surface area contributed by atoms with Gasteiger partial charge in [-0.05, 0) is 35.4 Å². The first-order valence-electron chi connectivity index (χ1n) is 11.4. The Morgan fingerprint density at radius 1 is 0.892 bits per heavy atom. The Kier molecular flexibility index (Phi) is 5.48. The number of H-pyrrole nitrogens is 1. The molecule has 0 aliphatic carbocycles. The van der Waals surface area contributed by atoms with Gasteiger partial charge in [0.15, 0.2) is 24.7 Å². The maximum absolute atomic E-state index is 12.9. The first-order chi connectivity index (χ1) is 18.0. The molecule has 37 heavy (non-hydrogen) atoms. The van der Waals surface area contributed by atoms with Crippen LogP contribution in [0.1, 0.15) is 21.6 Å². The number of ether oxygens (including phenoxy) is 2. The third kappa shape index (κ3) is 4.45. The van der Waals surface area contributed by atoms with Crippen molar-refractivity contribution in [2.75, 3.05) is 29.2 Å². The molecule has 0 saturated heterocycles. The van der Waals surface area contributed by atoms with E-state index in [0.29, 0.717) is 46.3 Å². The first kappa shape index (κ1) is 22.3. The second-order valence-electron chi connectivity index (χ2n) is 8.39. The Morgan fingerprint density at radius 3 is 2.22 bits per heavy atom. The Labute approximate surface area is 209 Å². The minimum atomic E-state index is -0.411. The van der Waals surface area contributed by atoms with Crippen LogP contribution in [0.4, 0.5) is 17.2 Å². The number of amides is 3. The summed E-state index contributed by atoms with van der Waals surface area (Å²) in [6.45, 7) is 0.590. The summed E-state index contributed by atoms with van der Waals surface area (Å²) in [5.74, 6) is 0.809. The number of benzene rings is 2. The zero-order chi connectivity index (χ0) is 25.4. The Hall–Kier alpha value is -5.20. The van der Waals surface area contributed by atoms with Crippen molar-refractivity contribution in [3.63, 3.8) is 0 Å². The Morgan fingerprint density at radius 2 is 1.54 bits per heavy atom. The zero-order valence-electron chi connectivity index (χ0n) is 19.3.